The van der Waals surface area contributed by atoms with Gasteiger partial charge in [0.2, 0.25) is 0 Å². The summed E-state index contributed by atoms with van der Waals surface area (Å²) < 4.78 is 56.7. The minimum Gasteiger partial charge on any atom is -0.435 e. The molecule has 10 heteroatoms. The third-order valence-corrected chi connectivity index (χ3v) is 4.92. The Hall–Kier alpha value is -3.43. The van der Waals surface area contributed by atoms with Crippen LogP contribution in [0.2, 0.25) is 0 Å². The monoisotopic (exact) mass is 433 g/mol. The first-order chi connectivity index (χ1) is 15.0. The van der Waals surface area contributed by atoms with Crippen molar-refractivity contribution in [3.63, 3.8) is 0 Å². The molecule has 0 bridgehead atoms. The van der Waals surface area contributed by atoms with Crippen LogP contribution in [0.25, 0.3) is 11.1 Å². The minimum absolute atomic E-state index is 0.0438. The van der Waals surface area contributed by atoms with Gasteiger partial charge in [0.15, 0.2) is 11.6 Å². The minimum atomic E-state index is -2.90. The summed E-state index contributed by atoms with van der Waals surface area (Å²) in [6.07, 6.45) is 2.62. The summed E-state index contributed by atoms with van der Waals surface area (Å²) >= 11 is 0. The Bertz CT molecular complexity index is 1030. The Morgan fingerprint density at radius 2 is 1.77 bits per heavy atom. The molecule has 1 saturated heterocycles. The molecule has 0 spiro atoms. The molecular formula is C21H19F4N5O. The van der Waals surface area contributed by atoms with E-state index in [0.29, 0.717) is 48.7 Å². The van der Waals surface area contributed by atoms with E-state index in [1.54, 1.807) is 24.3 Å². The number of hydrogen-bond donors (Lipinski definition) is 1. The lowest BCUT2D eigenvalue weighted by molar-refractivity contribution is -0.0498. The fourth-order valence-electron chi connectivity index (χ4n) is 3.33. The number of piperidine rings is 1. The van der Waals surface area contributed by atoms with Gasteiger partial charge in [0.25, 0.3) is 0 Å². The van der Waals surface area contributed by atoms with Gasteiger partial charge >= 0.3 is 6.61 Å². The molecular weight excluding hydrogens is 414 g/mol. The molecule has 0 unspecified atom stereocenters. The van der Waals surface area contributed by atoms with Gasteiger partial charge in [-0.2, -0.15) is 13.9 Å². The summed E-state index contributed by atoms with van der Waals surface area (Å²) in [7, 11) is 0. The number of aromatic nitrogens is 3. The molecule has 1 N–H and O–H groups in total. The number of alkyl halides is 3. The van der Waals surface area contributed by atoms with E-state index in [1.807, 2.05) is 4.90 Å². The molecule has 1 aromatic carbocycles. The van der Waals surface area contributed by atoms with Crippen LogP contribution < -0.4 is 15.0 Å². The molecule has 4 rings (SSSR count). The highest BCUT2D eigenvalue weighted by Gasteiger charge is 2.20. The first-order valence-corrected chi connectivity index (χ1v) is 9.67. The van der Waals surface area contributed by atoms with Crippen LogP contribution in [-0.2, 0) is 0 Å². The molecule has 31 heavy (non-hydrogen) atoms. The van der Waals surface area contributed by atoms with Crippen molar-refractivity contribution in [3.8, 4) is 16.9 Å². The van der Waals surface area contributed by atoms with Crippen LogP contribution >= 0.6 is 0 Å². The number of nitrogens with one attached hydrogen (secondary N) is 1. The summed E-state index contributed by atoms with van der Waals surface area (Å²) in [4.78, 5) is 6.02. The Balaban J connectivity index is 1.52. The molecule has 162 valence electrons. The number of pyridine rings is 1. The second-order valence-corrected chi connectivity index (χ2v) is 7.04. The third kappa shape index (κ3) is 5.19. The fourth-order valence-corrected chi connectivity index (χ4v) is 3.33. The quantitative estimate of drug-likeness (QED) is 0.555. The van der Waals surface area contributed by atoms with Crippen LogP contribution in [0.3, 0.4) is 0 Å². The molecule has 0 radical (unpaired) electrons. The average Bonchev–Trinajstić information content (AvgIpc) is 2.76. The SMILES string of the molecule is Fc1cnc(N2CCC(F)CC2)cc1Nc1cc(-c2ccc(OC(F)F)cc2)cnn1. The van der Waals surface area contributed by atoms with Crippen molar-refractivity contribution in [2.75, 3.05) is 23.3 Å². The maximum absolute atomic E-state index is 14.3. The highest BCUT2D eigenvalue weighted by atomic mass is 19.3. The van der Waals surface area contributed by atoms with Crippen molar-refractivity contribution in [1.29, 1.82) is 0 Å². The fraction of sp³-hybridized carbons (Fsp3) is 0.286. The van der Waals surface area contributed by atoms with E-state index < -0.39 is 18.6 Å². The first-order valence-electron chi connectivity index (χ1n) is 9.67. The van der Waals surface area contributed by atoms with Gasteiger partial charge in [-0.25, -0.2) is 13.8 Å². The molecule has 2 aromatic heterocycles. The predicted molar refractivity (Wildman–Crippen MR) is 108 cm³/mol. The number of nitrogens with zero attached hydrogens (tertiary/aromatic N) is 4. The number of hydrogen-bond acceptors (Lipinski definition) is 6. The molecule has 3 aromatic rings. The van der Waals surface area contributed by atoms with Crippen molar-refractivity contribution >= 4 is 17.3 Å². The first kappa shape index (κ1) is 20.8. The maximum Gasteiger partial charge on any atom is 0.387 e. The van der Waals surface area contributed by atoms with Gasteiger partial charge in [-0.1, -0.05) is 12.1 Å². The number of ether oxygens (including phenoxy) is 1. The van der Waals surface area contributed by atoms with Crippen molar-refractivity contribution < 1.29 is 22.3 Å². The van der Waals surface area contributed by atoms with Gasteiger partial charge in [0.05, 0.1) is 18.1 Å². The van der Waals surface area contributed by atoms with Gasteiger partial charge in [-0.3, -0.25) is 0 Å². The Labute approximate surface area is 175 Å². The Morgan fingerprint density at radius 1 is 1.03 bits per heavy atom. The van der Waals surface area contributed by atoms with Crippen molar-refractivity contribution in [2.45, 2.75) is 25.6 Å². The molecule has 0 amide bonds. The van der Waals surface area contributed by atoms with Crippen LogP contribution in [0.15, 0.2) is 48.8 Å². The molecule has 1 aliphatic heterocycles. The Morgan fingerprint density at radius 3 is 2.48 bits per heavy atom. The lowest BCUT2D eigenvalue weighted by atomic mass is 10.1. The summed E-state index contributed by atoms with van der Waals surface area (Å²) in [5, 5.41) is 10.8. The van der Waals surface area contributed by atoms with Crippen LogP contribution in [0.4, 0.5) is 34.9 Å². The summed E-state index contributed by atoms with van der Waals surface area (Å²) in [5.41, 5.74) is 1.52. The number of anilines is 3. The van der Waals surface area contributed by atoms with Crippen molar-refractivity contribution in [1.82, 2.24) is 15.2 Å². The third-order valence-electron chi connectivity index (χ3n) is 4.92. The van der Waals surface area contributed by atoms with Crippen molar-refractivity contribution in [3.05, 3.63) is 54.6 Å². The van der Waals surface area contributed by atoms with E-state index in [9.17, 15) is 17.6 Å². The molecule has 1 aliphatic rings. The second-order valence-electron chi connectivity index (χ2n) is 7.04. The maximum atomic E-state index is 14.3. The largest absolute Gasteiger partial charge is 0.435 e. The van der Waals surface area contributed by atoms with Crippen molar-refractivity contribution in [2.24, 2.45) is 0 Å². The number of halogens is 4. The number of rotatable bonds is 6. The van der Waals surface area contributed by atoms with E-state index in [0.717, 1.165) is 6.20 Å². The lowest BCUT2D eigenvalue weighted by Crippen LogP contribution is -2.34. The zero-order valence-electron chi connectivity index (χ0n) is 16.3. The van der Waals surface area contributed by atoms with E-state index in [2.05, 4.69) is 25.2 Å². The van der Waals surface area contributed by atoms with Gasteiger partial charge in [-0.15, -0.1) is 5.10 Å². The normalized spacial score (nSPS) is 14.7. The van der Waals surface area contributed by atoms with E-state index in [-0.39, 0.29) is 11.4 Å². The highest BCUT2D eigenvalue weighted by Crippen LogP contribution is 2.28. The standard InChI is InChI=1S/C21H19F4N5O/c22-15-5-7-30(8-6-15)20-10-18(17(23)12-26-20)28-19-9-14(11-27-29-19)13-1-3-16(4-2-13)31-21(24)25/h1-4,9-12,15,21H,5-8H2,(H,26,28,29). The molecule has 3 heterocycles. The lowest BCUT2D eigenvalue weighted by Gasteiger charge is -2.29. The average molecular weight is 433 g/mol. The number of benzene rings is 1. The van der Waals surface area contributed by atoms with Gasteiger partial charge in [-0.05, 0) is 36.6 Å². The molecule has 0 saturated carbocycles. The van der Waals surface area contributed by atoms with Gasteiger partial charge in [0, 0.05) is 24.7 Å². The van der Waals surface area contributed by atoms with Crippen LogP contribution in [0.5, 0.6) is 5.75 Å². The summed E-state index contributed by atoms with van der Waals surface area (Å²) in [6, 6.07) is 9.27. The van der Waals surface area contributed by atoms with E-state index in [4.69, 9.17) is 0 Å². The molecule has 1 fully saturated rings. The Kier molecular flexibility index (Phi) is 6.15. The van der Waals surface area contributed by atoms with Crippen LogP contribution in [0, 0.1) is 5.82 Å². The second kappa shape index (κ2) is 9.15. The van der Waals surface area contributed by atoms with E-state index in [1.165, 1.54) is 18.3 Å². The van der Waals surface area contributed by atoms with Gasteiger partial charge < -0.3 is 15.0 Å². The summed E-state index contributed by atoms with van der Waals surface area (Å²) in [5.74, 6) is 0.325. The van der Waals surface area contributed by atoms with Crippen LogP contribution in [-0.4, -0.2) is 41.1 Å². The van der Waals surface area contributed by atoms with E-state index >= 15 is 0 Å². The van der Waals surface area contributed by atoms with Crippen LogP contribution in [0.1, 0.15) is 12.8 Å². The smallest absolute Gasteiger partial charge is 0.387 e. The topological polar surface area (TPSA) is 63.2 Å². The highest BCUT2D eigenvalue weighted by molar-refractivity contribution is 5.69. The van der Waals surface area contributed by atoms with Gasteiger partial charge in [0.1, 0.15) is 17.7 Å². The zero-order valence-corrected chi connectivity index (χ0v) is 16.3. The molecule has 0 aliphatic carbocycles. The zero-order chi connectivity index (χ0) is 21.8. The molecule has 0 atom stereocenters. The summed E-state index contributed by atoms with van der Waals surface area (Å²) in [6.45, 7) is -1.87. The molecule has 6 nitrogen and oxygen atoms in total. The predicted octanol–water partition coefficient (Wildman–Crippen LogP) is 4.96.